The Hall–Kier alpha value is -2.18. The Morgan fingerprint density at radius 1 is 1.08 bits per heavy atom. The fraction of sp³-hybridized carbons (Fsp3) is 0.500. The molecule has 1 aliphatic rings. The molecule has 0 spiro atoms. The Morgan fingerprint density at radius 3 is 2.31 bits per heavy atom. The van der Waals surface area contributed by atoms with E-state index >= 15 is 0 Å². The summed E-state index contributed by atoms with van der Waals surface area (Å²) in [7, 11) is 4.88. The van der Waals surface area contributed by atoms with Crippen LogP contribution in [0, 0.1) is 0 Å². The number of furan rings is 1. The van der Waals surface area contributed by atoms with Crippen molar-refractivity contribution in [1.29, 1.82) is 0 Å². The highest BCUT2D eigenvalue weighted by Gasteiger charge is 2.25. The lowest BCUT2D eigenvalue weighted by Crippen LogP contribution is -2.33. The summed E-state index contributed by atoms with van der Waals surface area (Å²) in [4.78, 5) is 2.49. The van der Waals surface area contributed by atoms with Crippen LogP contribution in [0.25, 0.3) is 0 Å². The molecule has 0 radical (unpaired) electrons. The first-order valence-corrected chi connectivity index (χ1v) is 9.04. The normalized spacial score (nSPS) is 15.8. The molecule has 1 aliphatic heterocycles. The lowest BCUT2D eigenvalue weighted by Gasteiger charge is -2.26. The molecular weight excluding hydrogens is 332 g/mol. The van der Waals surface area contributed by atoms with E-state index in [1.54, 1.807) is 27.6 Å². The fourth-order valence-corrected chi connectivity index (χ4v) is 3.53. The van der Waals surface area contributed by atoms with Crippen LogP contribution in [-0.2, 0) is 6.54 Å². The number of nitrogens with one attached hydrogen (secondary N) is 1. The molecule has 1 aromatic carbocycles. The minimum atomic E-state index is 0.259. The fourth-order valence-electron chi connectivity index (χ4n) is 3.53. The third-order valence-corrected chi connectivity index (χ3v) is 4.84. The predicted molar refractivity (Wildman–Crippen MR) is 100 cm³/mol. The van der Waals surface area contributed by atoms with E-state index in [0.29, 0.717) is 23.8 Å². The summed E-state index contributed by atoms with van der Waals surface area (Å²) in [5.41, 5.74) is 1.08. The molecule has 0 saturated carbocycles. The molecule has 142 valence electrons. The monoisotopic (exact) mass is 360 g/mol. The summed E-state index contributed by atoms with van der Waals surface area (Å²) in [6, 6.07) is 8.23. The molecule has 1 saturated heterocycles. The zero-order valence-corrected chi connectivity index (χ0v) is 15.8. The Morgan fingerprint density at radius 2 is 1.77 bits per heavy atom. The molecule has 0 amide bonds. The molecule has 3 rings (SSSR count). The van der Waals surface area contributed by atoms with Crippen LogP contribution in [0.15, 0.2) is 34.9 Å². The number of ether oxygens (including phenoxy) is 3. The molecule has 2 heterocycles. The van der Waals surface area contributed by atoms with Gasteiger partial charge in [-0.25, -0.2) is 0 Å². The Kier molecular flexibility index (Phi) is 6.41. The zero-order chi connectivity index (χ0) is 18.4. The van der Waals surface area contributed by atoms with E-state index in [1.807, 2.05) is 18.2 Å². The maximum absolute atomic E-state index is 5.68. The average molecular weight is 360 g/mol. The van der Waals surface area contributed by atoms with Gasteiger partial charge in [-0.15, -0.1) is 0 Å². The number of methoxy groups -OCH3 is 3. The molecule has 2 aromatic rings. The third-order valence-electron chi connectivity index (χ3n) is 4.84. The first-order valence-electron chi connectivity index (χ1n) is 9.04. The van der Waals surface area contributed by atoms with Crippen molar-refractivity contribution in [3.63, 3.8) is 0 Å². The first kappa shape index (κ1) is 18.6. The average Bonchev–Trinajstić information content (AvgIpc) is 3.38. The molecule has 1 fully saturated rings. The highest BCUT2D eigenvalue weighted by atomic mass is 16.5. The third kappa shape index (κ3) is 4.14. The zero-order valence-electron chi connectivity index (χ0n) is 15.8. The molecule has 1 aromatic heterocycles. The van der Waals surface area contributed by atoms with Gasteiger partial charge in [0.15, 0.2) is 11.5 Å². The van der Waals surface area contributed by atoms with E-state index in [1.165, 1.54) is 12.8 Å². The number of likely N-dealkylation sites (tertiary alicyclic amines) is 1. The van der Waals surface area contributed by atoms with Crippen LogP contribution in [0.3, 0.4) is 0 Å². The molecule has 6 heteroatoms. The van der Waals surface area contributed by atoms with E-state index in [-0.39, 0.29) is 6.04 Å². The largest absolute Gasteiger partial charge is 0.493 e. The summed E-state index contributed by atoms with van der Waals surface area (Å²) >= 11 is 0. The van der Waals surface area contributed by atoms with E-state index < -0.39 is 0 Å². The standard InChI is InChI=1S/C20H28N2O4/c1-23-18-11-15(12-19(24-2)20(18)25-3)13-21-14-16(17-7-6-10-26-17)22-8-4-5-9-22/h6-7,10-12,16,21H,4-5,8-9,13-14H2,1-3H3/t16-/m0/s1. The van der Waals surface area contributed by atoms with Gasteiger partial charge in [-0.05, 0) is 55.8 Å². The van der Waals surface area contributed by atoms with Crippen molar-refractivity contribution in [3.8, 4) is 17.2 Å². The number of hydrogen-bond acceptors (Lipinski definition) is 6. The second-order valence-electron chi connectivity index (χ2n) is 6.44. The van der Waals surface area contributed by atoms with Gasteiger partial charge in [0, 0.05) is 13.1 Å². The van der Waals surface area contributed by atoms with Crippen molar-refractivity contribution in [2.45, 2.75) is 25.4 Å². The minimum absolute atomic E-state index is 0.259. The van der Waals surface area contributed by atoms with E-state index in [0.717, 1.165) is 31.0 Å². The number of benzene rings is 1. The second-order valence-corrected chi connectivity index (χ2v) is 6.44. The van der Waals surface area contributed by atoms with E-state index in [4.69, 9.17) is 18.6 Å². The van der Waals surface area contributed by atoms with Crippen LogP contribution >= 0.6 is 0 Å². The summed E-state index contributed by atoms with van der Waals surface area (Å²) in [5.74, 6) is 2.98. The molecular formula is C20H28N2O4. The first-order chi connectivity index (χ1) is 12.8. The van der Waals surface area contributed by atoms with Crippen LogP contribution in [0.1, 0.15) is 30.2 Å². The number of hydrogen-bond donors (Lipinski definition) is 1. The maximum Gasteiger partial charge on any atom is 0.203 e. The summed E-state index contributed by atoms with van der Waals surface area (Å²) < 4.78 is 21.9. The highest BCUT2D eigenvalue weighted by molar-refractivity contribution is 5.53. The summed E-state index contributed by atoms with van der Waals surface area (Å²) in [6.45, 7) is 3.78. The van der Waals surface area contributed by atoms with Gasteiger partial charge in [0.05, 0.1) is 33.6 Å². The Labute approximate surface area is 155 Å². The second kappa shape index (κ2) is 8.96. The quantitative estimate of drug-likeness (QED) is 0.741. The minimum Gasteiger partial charge on any atom is -0.493 e. The van der Waals surface area contributed by atoms with Gasteiger partial charge < -0.3 is 23.9 Å². The molecule has 0 aliphatic carbocycles. The van der Waals surface area contributed by atoms with Gasteiger partial charge in [0.25, 0.3) is 0 Å². The predicted octanol–water partition coefficient (Wildman–Crippen LogP) is 3.23. The number of rotatable bonds is 9. The van der Waals surface area contributed by atoms with Crippen molar-refractivity contribution < 1.29 is 18.6 Å². The van der Waals surface area contributed by atoms with Crippen molar-refractivity contribution in [3.05, 3.63) is 41.9 Å². The Balaban J connectivity index is 1.67. The maximum atomic E-state index is 5.68. The van der Waals surface area contributed by atoms with Crippen molar-refractivity contribution in [2.24, 2.45) is 0 Å². The van der Waals surface area contributed by atoms with Crippen LogP contribution in [0.2, 0.25) is 0 Å². The molecule has 1 atom stereocenters. The van der Waals surface area contributed by atoms with E-state index in [2.05, 4.69) is 16.3 Å². The molecule has 6 nitrogen and oxygen atoms in total. The van der Waals surface area contributed by atoms with Crippen LogP contribution in [0.4, 0.5) is 0 Å². The van der Waals surface area contributed by atoms with Crippen molar-refractivity contribution in [2.75, 3.05) is 41.0 Å². The van der Waals surface area contributed by atoms with Gasteiger partial charge in [0.2, 0.25) is 5.75 Å². The van der Waals surface area contributed by atoms with Crippen LogP contribution < -0.4 is 19.5 Å². The van der Waals surface area contributed by atoms with Crippen molar-refractivity contribution >= 4 is 0 Å². The molecule has 26 heavy (non-hydrogen) atoms. The lowest BCUT2D eigenvalue weighted by molar-refractivity contribution is 0.209. The highest BCUT2D eigenvalue weighted by Crippen LogP contribution is 2.38. The molecule has 0 bridgehead atoms. The molecule has 0 unspecified atom stereocenters. The lowest BCUT2D eigenvalue weighted by atomic mass is 10.1. The van der Waals surface area contributed by atoms with Crippen molar-refractivity contribution in [1.82, 2.24) is 10.2 Å². The SMILES string of the molecule is COc1cc(CNC[C@@H](c2ccco2)N2CCCC2)cc(OC)c1OC. The summed E-state index contributed by atoms with van der Waals surface area (Å²) in [6.07, 6.45) is 4.26. The topological polar surface area (TPSA) is 56.1 Å². The summed E-state index contributed by atoms with van der Waals surface area (Å²) in [5, 5.41) is 3.55. The Bertz CT molecular complexity index is 656. The van der Waals surface area contributed by atoms with Gasteiger partial charge in [-0.2, -0.15) is 0 Å². The van der Waals surface area contributed by atoms with Crippen LogP contribution in [0.5, 0.6) is 17.2 Å². The van der Waals surface area contributed by atoms with Gasteiger partial charge in [-0.3, -0.25) is 4.90 Å². The van der Waals surface area contributed by atoms with Crippen LogP contribution in [-0.4, -0.2) is 45.9 Å². The van der Waals surface area contributed by atoms with Gasteiger partial charge in [0.1, 0.15) is 5.76 Å². The van der Waals surface area contributed by atoms with Gasteiger partial charge in [-0.1, -0.05) is 0 Å². The van der Waals surface area contributed by atoms with E-state index in [9.17, 15) is 0 Å². The molecule has 1 N–H and O–H groups in total. The smallest absolute Gasteiger partial charge is 0.203 e. The number of nitrogens with zero attached hydrogens (tertiary/aromatic N) is 1. The van der Waals surface area contributed by atoms with Gasteiger partial charge >= 0.3 is 0 Å².